The van der Waals surface area contributed by atoms with Crippen LogP contribution in [0, 0.1) is 0 Å². The van der Waals surface area contributed by atoms with E-state index in [1.165, 1.54) is 11.1 Å². The van der Waals surface area contributed by atoms with Crippen LogP contribution in [0.1, 0.15) is 17.0 Å². The lowest BCUT2D eigenvalue weighted by atomic mass is 10.1. The molecule has 0 spiro atoms. The summed E-state index contributed by atoms with van der Waals surface area (Å²) in [6.07, 6.45) is 0.778. The summed E-state index contributed by atoms with van der Waals surface area (Å²) in [5, 5.41) is 0.756. The fourth-order valence-corrected chi connectivity index (χ4v) is 3.61. The van der Waals surface area contributed by atoms with Crippen molar-refractivity contribution in [1.82, 2.24) is 9.55 Å². The van der Waals surface area contributed by atoms with Gasteiger partial charge in [0.25, 0.3) is 0 Å². The van der Waals surface area contributed by atoms with Crippen molar-refractivity contribution >= 4 is 38.6 Å². The van der Waals surface area contributed by atoms with Gasteiger partial charge in [-0.3, -0.25) is 0 Å². The monoisotopic (exact) mass is 410 g/mol. The summed E-state index contributed by atoms with van der Waals surface area (Å²) < 4.78 is 3.39. The molecule has 4 rings (SSSR count). The van der Waals surface area contributed by atoms with E-state index in [0.717, 1.165) is 39.3 Å². The molecule has 4 heteroatoms. The van der Waals surface area contributed by atoms with E-state index in [9.17, 15) is 0 Å². The Labute approximate surface area is 160 Å². The quantitative estimate of drug-likeness (QED) is 0.397. The molecular formula is C21H16BrClN2. The first-order valence-electron chi connectivity index (χ1n) is 8.12. The molecule has 0 saturated heterocycles. The maximum atomic E-state index is 6.01. The van der Waals surface area contributed by atoms with Crippen molar-refractivity contribution in [3.63, 3.8) is 0 Å². The highest BCUT2D eigenvalue weighted by Gasteiger charge is 2.11. The molecule has 124 valence electrons. The van der Waals surface area contributed by atoms with Gasteiger partial charge in [-0.2, -0.15) is 0 Å². The third-order valence-electron chi connectivity index (χ3n) is 4.24. The SMILES string of the molecule is Clc1ccc(Cc2nc3ccccc3n2Cc2cccc(Br)c2)cc1. The van der Waals surface area contributed by atoms with Crippen LogP contribution in [0.2, 0.25) is 5.02 Å². The fraction of sp³-hybridized carbons (Fsp3) is 0.0952. The molecule has 0 aliphatic rings. The molecule has 0 aliphatic heterocycles. The standard InChI is InChI=1S/C21H16BrClN2/c22-17-5-3-4-16(12-17)14-25-20-7-2-1-6-19(20)24-21(25)13-15-8-10-18(23)11-9-15/h1-12H,13-14H2. The smallest absolute Gasteiger partial charge is 0.114 e. The number of aromatic nitrogens is 2. The van der Waals surface area contributed by atoms with Crippen LogP contribution >= 0.6 is 27.5 Å². The van der Waals surface area contributed by atoms with Crippen molar-refractivity contribution in [1.29, 1.82) is 0 Å². The summed E-state index contributed by atoms with van der Waals surface area (Å²) in [7, 11) is 0. The third-order valence-corrected chi connectivity index (χ3v) is 4.98. The van der Waals surface area contributed by atoms with Crippen LogP contribution in [0.15, 0.2) is 77.3 Å². The van der Waals surface area contributed by atoms with Crippen LogP contribution < -0.4 is 0 Å². The molecule has 0 saturated carbocycles. The zero-order valence-corrected chi connectivity index (χ0v) is 15.8. The van der Waals surface area contributed by atoms with E-state index in [1.807, 2.05) is 24.3 Å². The topological polar surface area (TPSA) is 17.8 Å². The first-order chi connectivity index (χ1) is 12.2. The van der Waals surface area contributed by atoms with E-state index in [4.69, 9.17) is 16.6 Å². The second-order valence-corrected chi connectivity index (χ2v) is 7.39. The largest absolute Gasteiger partial charge is 0.323 e. The minimum absolute atomic E-state index is 0.756. The zero-order chi connectivity index (χ0) is 17.2. The lowest BCUT2D eigenvalue weighted by molar-refractivity contribution is 0.762. The number of halogens is 2. The number of para-hydroxylation sites is 2. The molecule has 0 aliphatic carbocycles. The van der Waals surface area contributed by atoms with E-state index < -0.39 is 0 Å². The lowest BCUT2D eigenvalue weighted by Crippen LogP contribution is -2.06. The van der Waals surface area contributed by atoms with Crippen molar-refractivity contribution in [2.24, 2.45) is 0 Å². The van der Waals surface area contributed by atoms with E-state index in [2.05, 4.69) is 69.0 Å². The predicted molar refractivity (Wildman–Crippen MR) is 107 cm³/mol. The van der Waals surface area contributed by atoms with Crippen molar-refractivity contribution in [2.45, 2.75) is 13.0 Å². The minimum atomic E-state index is 0.756. The first-order valence-corrected chi connectivity index (χ1v) is 9.29. The molecule has 1 aromatic heterocycles. The zero-order valence-electron chi connectivity index (χ0n) is 13.5. The Morgan fingerprint density at radius 1 is 0.880 bits per heavy atom. The van der Waals surface area contributed by atoms with Crippen LogP contribution in [0.4, 0.5) is 0 Å². The van der Waals surface area contributed by atoms with Gasteiger partial charge in [0.2, 0.25) is 0 Å². The molecule has 0 fully saturated rings. The number of hydrogen-bond acceptors (Lipinski definition) is 1. The van der Waals surface area contributed by atoms with E-state index >= 15 is 0 Å². The van der Waals surface area contributed by atoms with Crippen LogP contribution in [0.25, 0.3) is 11.0 Å². The van der Waals surface area contributed by atoms with Gasteiger partial charge >= 0.3 is 0 Å². The second-order valence-electron chi connectivity index (χ2n) is 6.04. The van der Waals surface area contributed by atoms with Gasteiger partial charge in [0.1, 0.15) is 5.82 Å². The van der Waals surface area contributed by atoms with Gasteiger partial charge in [-0.1, -0.05) is 63.9 Å². The van der Waals surface area contributed by atoms with E-state index in [-0.39, 0.29) is 0 Å². The molecule has 0 N–H and O–H groups in total. The lowest BCUT2D eigenvalue weighted by Gasteiger charge is -2.10. The Kier molecular flexibility index (Phi) is 4.60. The minimum Gasteiger partial charge on any atom is -0.323 e. The molecule has 3 aromatic carbocycles. The Morgan fingerprint density at radius 3 is 2.48 bits per heavy atom. The third kappa shape index (κ3) is 3.63. The van der Waals surface area contributed by atoms with Gasteiger partial charge in [0.15, 0.2) is 0 Å². The van der Waals surface area contributed by atoms with E-state index in [0.29, 0.717) is 0 Å². The van der Waals surface area contributed by atoms with Gasteiger partial charge in [-0.25, -0.2) is 4.98 Å². The Bertz CT molecular complexity index is 1020. The summed E-state index contributed by atoms with van der Waals surface area (Å²) in [4.78, 5) is 4.87. The summed E-state index contributed by atoms with van der Waals surface area (Å²) in [6, 6.07) is 24.7. The van der Waals surface area contributed by atoms with E-state index in [1.54, 1.807) is 0 Å². The normalized spacial score (nSPS) is 11.1. The van der Waals surface area contributed by atoms with Gasteiger partial charge in [-0.15, -0.1) is 0 Å². The number of hydrogen-bond donors (Lipinski definition) is 0. The number of rotatable bonds is 4. The molecule has 0 atom stereocenters. The number of imidazole rings is 1. The molecule has 1 heterocycles. The first kappa shape index (κ1) is 16.4. The molecule has 0 radical (unpaired) electrons. The molecule has 0 bridgehead atoms. The van der Waals surface area contributed by atoms with Crippen LogP contribution in [0.5, 0.6) is 0 Å². The Balaban J connectivity index is 1.76. The van der Waals surface area contributed by atoms with Crippen LogP contribution in [-0.2, 0) is 13.0 Å². The maximum Gasteiger partial charge on any atom is 0.114 e. The molecule has 25 heavy (non-hydrogen) atoms. The highest BCUT2D eigenvalue weighted by atomic mass is 79.9. The van der Waals surface area contributed by atoms with Gasteiger partial charge in [-0.05, 0) is 47.5 Å². The highest BCUT2D eigenvalue weighted by molar-refractivity contribution is 9.10. The Hall–Kier alpha value is -2.10. The van der Waals surface area contributed by atoms with Crippen molar-refractivity contribution in [2.75, 3.05) is 0 Å². The average Bonchev–Trinajstić information content (AvgIpc) is 2.94. The van der Waals surface area contributed by atoms with Gasteiger partial charge in [0.05, 0.1) is 11.0 Å². The molecule has 0 amide bonds. The summed E-state index contributed by atoms with van der Waals surface area (Å²) in [6.45, 7) is 0.795. The second kappa shape index (κ2) is 7.03. The van der Waals surface area contributed by atoms with Crippen LogP contribution in [0.3, 0.4) is 0 Å². The fourth-order valence-electron chi connectivity index (χ4n) is 3.04. The molecule has 0 unspecified atom stereocenters. The summed E-state index contributed by atoms with van der Waals surface area (Å²) in [5.74, 6) is 1.06. The number of nitrogens with zero attached hydrogens (tertiary/aromatic N) is 2. The average molecular weight is 412 g/mol. The summed E-state index contributed by atoms with van der Waals surface area (Å²) >= 11 is 9.56. The highest BCUT2D eigenvalue weighted by Crippen LogP contribution is 2.22. The van der Waals surface area contributed by atoms with Crippen molar-refractivity contribution in [3.05, 3.63) is 99.2 Å². The molecule has 2 nitrogen and oxygen atoms in total. The summed E-state index contributed by atoms with van der Waals surface area (Å²) in [5.41, 5.74) is 4.64. The Morgan fingerprint density at radius 2 is 1.68 bits per heavy atom. The maximum absolute atomic E-state index is 6.01. The number of benzene rings is 3. The molecule has 4 aromatic rings. The van der Waals surface area contributed by atoms with Crippen molar-refractivity contribution in [3.8, 4) is 0 Å². The number of fused-ring (bicyclic) bond motifs is 1. The van der Waals surface area contributed by atoms with Crippen molar-refractivity contribution < 1.29 is 0 Å². The van der Waals surface area contributed by atoms with Gasteiger partial charge < -0.3 is 4.57 Å². The predicted octanol–water partition coefficient (Wildman–Crippen LogP) is 6.09. The molecular weight excluding hydrogens is 396 g/mol. The van der Waals surface area contributed by atoms with Gasteiger partial charge in [0, 0.05) is 22.5 Å². The van der Waals surface area contributed by atoms with Crippen LogP contribution in [-0.4, -0.2) is 9.55 Å².